The number of anilines is 2. The molecule has 1 fully saturated rings. The quantitative estimate of drug-likeness (QED) is 0.387. The smallest absolute Gasteiger partial charge is 0.225 e. The van der Waals surface area contributed by atoms with E-state index >= 15 is 4.39 Å². The zero-order chi connectivity index (χ0) is 26.1. The van der Waals surface area contributed by atoms with Crippen molar-refractivity contribution in [1.82, 2.24) is 25.3 Å². The monoisotopic (exact) mass is 520 g/mol. The van der Waals surface area contributed by atoms with Crippen LogP contribution in [0.25, 0.3) is 22.3 Å². The van der Waals surface area contributed by atoms with Gasteiger partial charge in [0.25, 0.3) is 0 Å². The Bertz CT molecular complexity index is 1510. The highest BCUT2D eigenvalue weighted by atomic mass is 35.5. The number of pyridine rings is 2. The average Bonchev–Trinajstić information content (AvgIpc) is 2.92. The summed E-state index contributed by atoms with van der Waals surface area (Å²) in [5, 5.41) is 16.0. The molecule has 11 heteroatoms. The van der Waals surface area contributed by atoms with Crippen molar-refractivity contribution in [2.45, 2.75) is 19.9 Å². The summed E-state index contributed by atoms with van der Waals surface area (Å²) in [6.07, 6.45) is 3.09. The molecule has 1 aliphatic heterocycles. The van der Waals surface area contributed by atoms with Crippen molar-refractivity contribution in [3.8, 4) is 17.3 Å². The number of nitriles is 1. The number of hydrogen-bond acceptors (Lipinski definition) is 8. The molecule has 0 amide bonds. The standard InChI is InChI=1S/C26H23ClF2N8/c1-14(18-9-16(11-30)3-4-19(18)28)35-25-22(27)15(2)34-21-10-20(29)23(36-24(21)25)17-12-32-26(33-13-17)37-7-5-31-6-8-37/h3-4,9-10,12-14,31H,5-8H2,1-2H3,(H,34,35)/t14-/m1/s1. The van der Waals surface area contributed by atoms with E-state index in [2.05, 4.69) is 35.5 Å². The number of nitrogens with one attached hydrogen (secondary N) is 2. The Morgan fingerprint density at radius 3 is 2.54 bits per heavy atom. The summed E-state index contributed by atoms with van der Waals surface area (Å²) in [6.45, 7) is 6.71. The number of aryl methyl sites for hydroxylation is 1. The van der Waals surface area contributed by atoms with E-state index in [1.54, 1.807) is 26.2 Å². The molecule has 1 aliphatic rings. The lowest BCUT2D eigenvalue weighted by molar-refractivity contribution is 0.580. The Labute approximate surface area is 217 Å². The number of benzene rings is 1. The van der Waals surface area contributed by atoms with Crippen LogP contribution in [0.3, 0.4) is 0 Å². The van der Waals surface area contributed by atoms with Gasteiger partial charge in [-0.05, 0) is 32.0 Å². The van der Waals surface area contributed by atoms with E-state index < -0.39 is 17.7 Å². The van der Waals surface area contributed by atoms with Crippen molar-refractivity contribution in [2.24, 2.45) is 0 Å². The molecule has 3 aromatic heterocycles. The molecule has 1 saturated heterocycles. The number of rotatable bonds is 5. The van der Waals surface area contributed by atoms with Gasteiger partial charge < -0.3 is 15.5 Å². The van der Waals surface area contributed by atoms with Crippen LogP contribution in [0, 0.1) is 29.9 Å². The van der Waals surface area contributed by atoms with Gasteiger partial charge in [0.1, 0.15) is 17.0 Å². The van der Waals surface area contributed by atoms with Crippen molar-refractivity contribution in [3.05, 3.63) is 70.1 Å². The van der Waals surface area contributed by atoms with Crippen LogP contribution in [0.4, 0.5) is 20.4 Å². The van der Waals surface area contributed by atoms with Gasteiger partial charge in [-0.3, -0.25) is 0 Å². The molecule has 0 unspecified atom stereocenters. The lowest BCUT2D eigenvalue weighted by Crippen LogP contribution is -2.44. The summed E-state index contributed by atoms with van der Waals surface area (Å²) in [5.41, 5.74) is 2.54. The lowest BCUT2D eigenvalue weighted by Gasteiger charge is -2.27. The van der Waals surface area contributed by atoms with E-state index in [0.717, 1.165) is 26.2 Å². The molecule has 5 rings (SSSR count). The Kier molecular flexibility index (Phi) is 6.82. The Hall–Kier alpha value is -3.94. The van der Waals surface area contributed by atoms with E-state index in [0.29, 0.717) is 39.5 Å². The maximum Gasteiger partial charge on any atom is 0.225 e. The molecule has 1 aromatic carbocycles. The fraction of sp³-hybridized carbons (Fsp3) is 0.269. The number of fused-ring (bicyclic) bond motifs is 1. The molecule has 0 aliphatic carbocycles. The van der Waals surface area contributed by atoms with Crippen LogP contribution in [0.1, 0.15) is 29.8 Å². The lowest BCUT2D eigenvalue weighted by atomic mass is 10.0. The second kappa shape index (κ2) is 10.2. The molecule has 0 spiro atoms. The number of nitrogens with zero attached hydrogens (tertiary/aromatic N) is 6. The van der Waals surface area contributed by atoms with Gasteiger partial charge in [-0.25, -0.2) is 28.7 Å². The summed E-state index contributed by atoms with van der Waals surface area (Å²) in [4.78, 5) is 19.9. The van der Waals surface area contributed by atoms with E-state index in [1.165, 1.54) is 24.3 Å². The van der Waals surface area contributed by atoms with Gasteiger partial charge in [-0.2, -0.15) is 5.26 Å². The van der Waals surface area contributed by atoms with E-state index in [4.69, 9.17) is 11.6 Å². The minimum absolute atomic E-state index is 0.0504. The van der Waals surface area contributed by atoms with Gasteiger partial charge in [0.2, 0.25) is 5.95 Å². The first-order valence-corrected chi connectivity index (χ1v) is 12.1. The largest absolute Gasteiger partial charge is 0.375 e. The van der Waals surface area contributed by atoms with Crippen LogP contribution in [0.2, 0.25) is 5.02 Å². The fourth-order valence-electron chi connectivity index (χ4n) is 4.31. The number of halogens is 3. The highest BCUT2D eigenvalue weighted by Crippen LogP contribution is 2.36. The highest BCUT2D eigenvalue weighted by Gasteiger charge is 2.21. The molecule has 0 radical (unpaired) electrons. The summed E-state index contributed by atoms with van der Waals surface area (Å²) in [7, 11) is 0. The Morgan fingerprint density at radius 1 is 1.11 bits per heavy atom. The third-order valence-corrected chi connectivity index (χ3v) is 6.74. The van der Waals surface area contributed by atoms with Crippen LogP contribution in [-0.4, -0.2) is 46.1 Å². The third kappa shape index (κ3) is 4.88. The highest BCUT2D eigenvalue weighted by molar-refractivity contribution is 6.35. The van der Waals surface area contributed by atoms with E-state index in [-0.39, 0.29) is 16.3 Å². The zero-order valence-electron chi connectivity index (χ0n) is 20.2. The second-order valence-electron chi connectivity index (χ2n) is 8.80. The van der Waals surface area contributed by atoms with Crippen molar-refractivity contribution in [1.29, 1.82) is 5.26 Å². The molecule has 37 heavy (non-hydrogen) atoms. The molecule has 2 N–H and O–H groups in total. The zero-order valence-corrected chi connectivity index (χ0v) is 20.9. The molecular weight excluding hydrogens is 498 g/mol. The van der Waals surface area contributed by atoms with Gasteiger partial charge in [0.05, 0.1) is 39.6 Å². The van der Waals surface area contributed by atoms with Crippen molar-refractivity contribution < 1.29 is 8.78 Å². The van der Waals surface area contributed by atoms with Crippen LogP contribution >= 0.6 is 11.6 Å². The number of hydrogen-bond donors (Lipinski definition) is 2. The first kappa shape index (κ1) is 24.7. The maximum atomic E-state index is 15.2. The summed E-state index contributed by atoms with van der Waals surface area (Å²) in [6, 6.07) is 6.87. The predicted octanol–water partition coefficient (Wildman–Crippen LogP) is 4.78. The van der Waals surface area contributed by atoms with Gasteiger partial charge in [-0.15, -0.1) is 0 Å². The number of aromatic nitrogens is 4. The van der Waals surface area contributed by atoms with Gasteiger partial charge in [0.15, 0.2) is 5.82 Å². The van der Waals surface area contributed by atoms with Crippen LogP contribution in [0.5, 0.6) is 0 Å². The minimum Gasteiger partial charge on any atom is -0.375 e. The fourth-order valence-corrected chi connectivity index (χ4v) is 4.49. The van der Waals surface area contributed by atoms with Crippen molar-refractivity contribution in [3.63, 3.8) is 0 Å². The van der Waals surface area contributed by atoms with Crippen molar-refractivity contribution in [2.75, 3.05) is 36.4 Å². The SMILES string of the molecule is Cc1nc2cc(F)c(-c3cnc(N4CCNCC4)nc3)nc2c(N[C@H](C)c2cc(C#N)ccc2F)c1Cl. The van der Waals surface area contributed by atoms with Crippen molar-refractivity contribution >= 4 is 34.3 Å². The molecule has 8 nitrogen and oxygen atoms in total. The third-order valence-electron chi connectivity index (χ3n) is 6.28. The van der Waals surface area contributed by atoms with Crippen LogP contribution in [-0.2, 0) is 0 Å². The first-order chi connectivity index (χ1) is 17.9. The topological polar surface area (TPSA) is 103 Å². The van der Waals surface area contributed by atoms with E-state index in [1.807, 2.05) is 6.07 Å². The van der Waals surface area contributed by atoms with E-state index in [9.17, 15) is 9.65 Å². The number of piperazine rings is 1. The van der Waals surface area contributed by atoms with Gasteiger partial charge in [0, 0.05) is 55.8 Å². The molecule has 0 bridgehead atoms. The Balaban J connectivity index is 1.55. The predicted molar refractivity (Wildman–Crippen MR) is 139 cm³/mol. The Morgan fingerprint density at radius 2 is 1.84 bits per heavy atom. The minimum atomic E-state index is -0.577. The second-order valence-corrected chi connectivity index (χ2v) is 9.17. The molecular formula is C26H23ClF2N8. The molecule has 0 saturated carbocycles. The normalized spacial score (nSPS) is 14.4. The molecule has 4 heterocycles. The molecule has 4 aromatic rings. The summed E-state index contributed by atoms with van der Waals surface area (Å²) >= 11 is 6.61. The summed E-state index contributed by atoms with van der Waals surface area (Å²) < 4.78 is 29.8. The summed E-state index contributed by atoms with van der Waals surface area (Å²) in [5.74, 6) is -0.469. The van der Waals surface area contributed by atoms with Crippen LogP contribution < -0.4 is 15.5 Å². The van der Waals surface area contributed by atoms with Gasteiger partial charge in [-0.1, -0.05) is 11.6 Å². The molecule has 1 atom stereocenters. The average molecular weight is 521 g/mol. The van der Waals surface area contributed by atoms with Crippen LogP contribution in [0.15, 0.2) is 36.7 Å². The van der Waals surface area contributed by atoms with Gasteiger partial charge >= 0.3 is 0 Å². The maximum absolute atomic E-state index is 15.2. The first-order valence-electron chi connectivity index (χ1n) is 11.8. The molecule has 188 valence electrons.